The van der Waals surface area contributed by atoms with Gasteiger partial charge < -0.3 is 14.8 Å². The zero-order valence-electron chi connectivity index (χ0n) is 23.8. The number of pyridine rings is 1. The van der Waals surface area contributed by atoms with E-state index in [0.29, 0.717) is 41.1 Å². The summed E-state index contributed by atoms with van der Waals surface area (Å²) in [6, 6.07) is 6.97. The van der Waals surface area contributed by atoms with Crippen molar-refractivity contribution in [2.24, 2.45) is 22.7 Å². The second-order valence-corrected chi connectivity index (χ2v) is 11.6. The second-order valence-electron chi connectivity index (χ2n) is 11.2. The van der Waals surface area contributed by atoms with E-state index in [9.17, 15) is 9.18 Å². The Labute approximate surface area is 241 Å². The van der Waals surface area contributed by atoms with Crippen molar-refractivity contribution in [1.82, 2.24) is 10.3 Å². The summed E-state index contributed by atoms with van der Waals surface area (Å²) in [6.07, 6.45) is 6.87. The van der Waals surface area contributed by atoms with E-state index in [1.54, 1.807) is 18.5 Å². The molecule has 0 amide bonds. The molecule has 1 N–H and O–H groups in total. The van der Waals surface area contributed by atoms with Gasteiger partial charge in [0, 0.05) is 28.5 Å². The third kappa shape index (κ3) is 7.18. The van der Waals surface area contributed by atoms with Crippen LogP contribution in [0.3, 0.4) is 0 Å². The molecule has 40 heavy (non-hydrogen) atoms. The number of nitrogens with one attached hydrogen (secondary N) is 1. The average molecular weight is 568 g/mol. The molecule has 0 radical (unpaired) electrons. The Morgan fingerprint density at radius 1 is 1.23 bits per heavy atom. The van der Waals surface area contributed by atoms with Crippen LogP contribution < -0.4 is 5.32 Å². The number of carbonyl (C=O) groups excluding carboxylic acids is 1. The summed E-state index contributed by atoms with van der Waals surface area (Å²) < 4.78 is 26.4. The lowest BCUT2D eigenvalue weighted by atomic mass is 9.75. The van der Waals surface area contributed by atoms with E-state index < -0.39 is 17.8 Å². The number of nitrogens with zero attached hydrogens (tertiary/aromatic N) is 2. The first-order valence-electron chi connectivity index (χ1n) is 14.1. The van der Waals surface area contributed by atoms with Crippen molar-refractivity contribution in [2.75, 3.05) is 13.2 Å². The normalized spacial score (nSPS) is 23.0. The summed E-state index contributed by atoms with van der Waals surface area (Å²) >= 11 is 6.56. The van der Waals surface area contributed by atoms with Crippen LogP contribution in [-0.4, -0.2) is 36.1 Å². The molecule has 0 bridgehead atoms. The summed E-state index contributed by atoms with van der Waals surface area (Å²) in [6.45, 7) is 13.1. The van der Waals surface area contributed by atoms with E-state index in [1.807, 2.05) is 19.1 Å². The Balaban J connectivity index is 1.78. The van der Waals surface area contributed by atoms with Crippen LogP contribution >= 0.6 is 11.6 Å². The maximum atomic E-state index is 14.1. The maximum absolute atomic E-state index is 14.1. The van der Waals surface area contributed by atoms with Gasteiger partial charge in [-0.1, -0.05) is 63.9 Å². The number of amidine groups is 1. The lowest BCUT2D eigenvalue weighted by molar-refractivity contribution is -0.151. The molecule has 1 fully saturated rings. The van der Waals surface area contributed by atoms with E-state index in [1.165, 1.54) is 12.1 Å². The Morgan fingerprint density at radius 2 is 1.98 bits per heavy atom. The molecular weight excluding hydrogens is 529 g/mol. The lowest BCUT2D eigenvalue weighted by Gasteiger charge is -2.37. The highest BCUT2D eigenvalue weighted by atomic mass is 35.5. The quantitative estimate of drug-likeness (QED) is 0.243. The first-order valence-corrected chi connectivity index (χ1v) is 14.4. The van der Waals surface area contributed by atoms with Crippen LogP contribution in [0.2, 0.25) is 5.02 Å². The third-order valence-corrected chi connectivity index (χ3v) is 8.16. The monoisotopic (exact) mass is 567 g/mol. The van der Waals surface area contributed by atoms with Crippen molar-refractivity contribution in [2.45, 2.75) is 65.5 Å². The van der Waals surface area contributed by atoms with Crippen molar-refractivity contribution in [3.05, 3.63) is 88.1 Å². The molecule has 8 heteroatoms. The number of rotatable bonds is 10. The van der Waals surface area contributed by atoms with E-state index >= 15 is 0 Å². The number of hydrogen-bond donors (Lipinski definition) is 1. The van der Waals surface area contributed by atoms with E-state index in [-0.39, 0.29) is 23.7 Å². The Kier molecular flexibility index (Phi) is 10.1. The summed E-state index contributed by atoms with van der Waals surface area (Å²) in [5, 5.41) is 3.51. The fraction of sp³-hybridized carbons (Fsp3) is 0.469. The van der Waals surface area contributed by atoms with Gasteiger partial charge in [0.05, 0.1) is 24.5 Å². The van der Waals surface area contributed by atoms with Gasteiger partial charge in [-0.3, -0.25) is 9.98 Å². The average Bonchev–Trinajstić information content (AvgIpc) is 2.92. The van der Waals surface area contributed by atoms with Crippen molar-refractivity contribution >= 4 is 23.4 Å². The molecule has 0 saturated heterocycles. The molecule has 1 aromatic heterocycles. The van der Waals surface area contributed by atoms with Crippen LogP contribution in [0, 0.1) is 23.6 Å². The van der Waals surface area contributed by atoms with Crippen LogP contribution in [0.5, 0.6) is 0 Å². The van der Waals surface area contributed by atoms with Gasteiger partial charge >= 0.3 is 5.97 Å². The topological polar surface area (TPSA) is 72.8 Å². The van der Waals surface area contributed by atoms with Crippen LogP contribution in [0.25, 0.3) is 0 Å². The predicted molar refractivity (Wildman–Crippen MR) is 157 cm³/mol. The molecule has 2 aromatic rings. The van der Waals surface area contributed by atoms with Crippen LogP contribution in [0.15, 0.2) is 71.1 Å². The molecule has 1 aromatic carbocycles. The number of hydrogen-bond acceptors (Lipinski definition) is 6. The Morgan fingerprint density at radius 3 is 2.65 bits per heavy atom. The van der Waals surface area contributed by atoms with Crippen molar-refractivity contribution in [1.29, 1.82) is 0 Å². The molecule has 2 aliphatic rings. The summed E-state index contributed by atoms with van der Waals surface area (Å²) in [4.78, 5) is 23.2. The second kappa shape index (κ2) is 13.6. The highest BCUT2D eigenvalue weighted by Crippen LogP contribution is 2.39. The van der Waals surface area contributed by atoms with Crippen molar-refractivity contribution < 1.29 is 18.7 Å². The van der Waals surface area contributed by atoms with Gasteiger partial charge in [0.2, 0.25) is 0 Å². The maximum Gasteiger partial charge on any atom is 0.338 e. The van der Waals surface area contributed by atoms with Gasteiger partial charge in [0.1, 0.15) is 23.8 Å². The van der Waals surface area contributed by atoms with Crippen molar-refractivity contribution in [3.8, 4) is 0 Å². The number of aromatic nitrogens is 1. The molecule has 214 valence electrons. The largest absolute Gasteiger partial charge is 0.459 e. The van der Waals surface area contributed by atoms with Gasteiger partial charge in [-0.2, -0.15) is 0 Å². The fourth-order valence-electron chi connectivity index (χ4n) is 5.41. The van der Waals surface area contributed by atoms with Gasteiger partial charge in [0.25, 0.3) is 0 Å². The number of halogens is 2. The molecule has 6 nitrogen and oxygen atoms in total. The molecule has 4 rings (SSSR count). The molecule has 1 saturated carbocycles. The van der Waals surface area contributed by atoms with Gasteiger partial charge in [-0.05, 0) is 61.3 Å². The summed E-state index contributed by atoms with van der Waals surface area (Å²) in [5.74, 6) is 0.718. The first-order chi connectivity index (χ1) is 19.2. The highest BCUT2D eigenvalue weighted by molar-refractivity contribution is 6.31. The van der Waals surface area contributed by atoms with Crippen LogP contribution in [0.1, 0.15) is 70.5 Å². The van der Waals surface area contributed by atoms with Crippen LogP contribution in [-0.2, 0) is 14.3 Å². The fourth-order valence-corrected chi connectivity index (χ4v) is 5.68. The van der Waals surface area contributed by atoms with Crippen LogP contribution in [0.4, 0.5) is 4.39 Å². The highest BCUT2D eigenvalue weighted by Gasteiger charge is 2.38. The molecule has 0 unspecified atom stereocenters. The number of benzene rings is 1. The summed E-state index contributed by atoms with van der Waals surface area (Å²) in [7, 11) is 0. The Hall–Kier alpha value is -3.03. The lowest BCUT2D eigenvalue weighted by Crippen LogP contribution is -2.39. The minimum absolute atomic E-state index is 0.109. The number of esters is 1. The van der Waals surface area contributed by atoms with Gasteiger partial charge in [0.15, 0.2) is 0 Å². The molecule has 0 spiro atoms. The zero-order chi connectivity index (χ0) is 28.8. The molecule has 2 heterocycles. The van der Waals surface area contributed by atoms with Crippen molar-refractivity contribution in [3.63, 3.8) is 0 Å². The standard InChI is InChI=1S/C32H39ClFN3O3/c1-6-20(4)17-39-18-27-29(32(38)40-28-15-21(5)7-9-24(28)19(2)3)30(25-10-8-23(34)16-26(25)33)37-31(36-27)22-11-13-35-14-12-22/h8,10-14,16,19,21,24,28,30H,4,6-7,9,15,17-18H2,1-3,5H3,(H,36,37)/t21-,24+,28-,30-/m1/s1. The minimum Gasteiger partial charge on any atom is -0.459 e. The first kappa shape index (κ1) is 29.9. The predicted octanol–water partition coefficient (Wildman–Crippen LogP) is 7.21. The zero-order valence-corrected chi connectivity index (χ0v) is 24.5. The molecule has 1 aliphatic carbocycles. The minimum atomic E-state index is -0.823. The van der Waals surface area contributed by atoms with Gasteiger partial charge in [-0.25, -0.2) is 9.18 Å². The number of ether oxygens (including phenoxy) is 2. The molecular formula is C32H39ClFN3O3. The number of aliphatic imine (C=N–C) groups is 1. The smallest absolute Gasteiger partial charge is 0.338 e. The van der Waals surface area contributed by atoms with E-state index in [2.05, 4.69) is 37.7 Å². The van der Waals surface area contributed by atoms with Gasteiger partial charge in [-0.15, -0.1) is 0 Å². The molecule has 1 aliphatic heterocycles. The number of carbonyl (C=O) groups is 1. The summed E-state index contributed by atoms with van der Waals surface area (Å²) in [5.41, 5.74) is 3.08. The van der Waals surface area contributed by atoms with E-state index in [4.69, 9.17) is 26.1 Å². The molecule has 4 atom stereocenters. The SMILES string of the molecule is C=C(CC)COCC1=C(C(=O)O[C@@H]2C[C@H](C)CC[C@H]2C(C)C)[C@@H](c2ccc(F)cc2Cl)N=C(c2ccncc2)N1. The third-order valence-electron chi connectivity index (χ3n) is 7.83. The Bertz CT molecular complexity index is 1280. The van der Waals surface area contributed by atoms with E-state index in [0.717, 1.165) is 36.8 Å².